The molecule has 5 heteroatoms. The van der Waals surface area contributed by atoms with Crippen molar-refractivity contribution >= 4 is 5.97 Å². The van der Waals surface area contributed by atoms with Gasteiger partial charge in [-0.2, -0.15) is 0 Å². The fraction of sp³-hybridized carbons (Fsp3) is 0.500. The fourth-order valence-electron chi connectivity index (χ4n) is 6.79. The largest absolute Gasteiger partial charge is 0.488 e. The van der Waals surface area contributed by atoms with Crippen molar-refractivity contribution in [3.8, 4) is 5.75 Å². The Hall–Kier alpha value is -2.37. The van der Waals surface area contributed by atoms with Crippen molar-refractivity contribution in [2.24, 2.45) is 17.3 Å². The molecule has 0 amide bonds. The molecule has 0 spiro atoms. The summed E-state index contributed by atoms with van der Waals surface area (Å²) in [4.78, 5) is 13.4. The molecule has 5 nitrogen and oxygen atoms in total. The van der Waals surface area contributed by atoms with Crippen LogP contribution in [0.4, 0.5) is 0 Å². The van der Waals surface area contributed by atoms with E-state index in [1.807, 2.05) is 42.5 Å². The molecule has 6 rings (SSSR count). The van der Waals surface area contributed by atoms with Crippen LogP contribution in [0, 0.1) is 17.3 Å². The van der Waals surface area contributed by atoms with Crippen molar-refractivity contribution in [3.05, 3.63) is 65.7 Å². The van der Waals surface area contributed by atoms with E-state index in [1.165, 1.54) is 12.0 Å². The zero-order valence-electron chi connectivity index (χ0n) is 17.7. The highest BCUT2D eigenvalue weighted by molar-refractivity contribution is 5.78. The lowest BCUT2D eigenvalue weighted by molar-refractivity contribution is -0.175. The van der Waals surface area contributed by atoms with Crippen molar-refractivity contribution in [2.45, 2.75) is 56.8 Å². The monoisotopic (exact) mass is 422 g/mol. The van der Waals surface area contributed by atoms with E-state index >= 15 is 0 Å². The summed E-state index contributed by atoms with van der Waals surface area (Å²) in [5, 5.41) is 18.0. The Balaban J connectivity index is 1.34. The van der Waals surface area contributed by atoms with Gasteiger partial charge in [-0.1, -0.05) is 42.5 Å². The lowest BCUT2D eigenvalue weighted by Gasteiger charge is -2.61. The second-order valence-electron chi connectivity index (χ2n) is 9.90. The molecule has 4 fully saturated rings. The molecule has 2 aromatic rings. The first-order valence-electron chi connectivity index (χ1n) is 11.3. The maximum absolute atomic E-state index is 13.4. The molecule has 0 saturated heterocycles. The molecular formula is C26H30O5. The Bertz CT molecular complexity index is 907. The molecule has 4 aliphatic carbocycles. The maximum atomic E-state index is 13.4. The summed E-state index contributed by atoms with van der Waals surface area (Å²) in [6.45, 7) is 0.192. The molecule has 164 valence electrons. The Morgan fingerprint density at radius 1 is 0.968 bits per heavy atom. The van der Waals surface area contributed by atoms with E-state index in [2.05, 4.69) is 12.1 Å². The molecule has 2 atom stereocenters. The first kappa shape index (κ1) is 20.5. The van der Waals surface area contributed by atoms with Gasteiger partial charge in [0.2, 0.25) is 0 Å². The van der Waals surface area contributed by atoms with Gasteiger partial charge in [0.15, 0.2) is 6.29 Å². The third-order valence-corrected chi connectivity index (χ3v) is 7.57. The Morgan fingerprint density at radius 3 is 2.29 bits per heavy atom. The van der Waals surface area contributed by atoms with Crippen molar-refractivity contribution in [3.63, 3.8) is 0 Å². The number of esters is 1. The molecular weight excluding hydrogens is 392 g/mol. The zero-order valence-corrected chi connectivity index (χ0v) is 17.7. The number of carbonyl (C=O) groups excluding carboxylic acids is 1. The Kier molecular flexibility index (Phi) is 5.27. The second-order valence-corrected chi connectivity index (χ2v) is 9.90. The average molecular weight is 423 g/mol. The van der Waals surface area contributed by atoms with E-state index in [0.717, 1.165) is 37.7 Å². The standard InChI is InChI=1S/C26H30O5/c27-23(28)16-30-22-8-6-21(7-9-22)25-11-19-10-20(12-25)14-26(13-19,17-25)24(29)31-15-18-4-2-1-3-5-18/h1-9,19-20,23,27-28H,10-17H2. The summed E-state index contributed by atoms with van der Waals surface area (Å²) in [5.41, 5.74) is 1.94. The van der Waals surface area contributed by atoms with Crippen LogP contribution in [0.1, 0.15) is 49.7 Å². The SMILES string of the molecule is O=C(OCc1ccccc1)C12CC3CC(C1)CC(c1ccc(OCC(O)O)cc1)(C3)C2. The molecule has 31 heavy (non-hydrogen) atoms. The lowest BCUT2D eigenvalue weighted by atomic mass is 9.43. The summed E-state index contributed by atoms with van der Waals surface area (Å²) in [6.07, 6.45) is 4.77. The molecule has 4 aliphatic rings. The normalized spacial score (nSPS) is 31.1. The van der Waals surface area contributed by atoms with Gasteiger partial charge in [0.1, 0.15) is 19.0 Å². The van der Waals surface area contributed by atoms with Gasteiger partial charge in [0.05, 0.1) is 5.41 Å². The van der Waals surface area contributed by atoms with E-state index in [-0.39, 0.29) is 23.4 Å². The van der Waals surface area contributed by atoms with Gasteiger partial charge in [-0.25, -0.2) is 0 Å². The third kappa shape index (κ3) is 3.97. The minimum absolute atomic E-state index is 0.0187. The summed E-state index contributed by atoms with van der Waals surface area (Å²) >= 11 is 0. The van der Waals surface area contributed by atoms with Gasteiger partial charge in [0.25, 0.3) is 0 Å². The predicted octanol–water partition coefficient (Wildman–Crippen LogP) is 3.96. The number of carbonyl (C=O) groups is 1. The smallest absolute Gasteiger partial charge is 0.312 e. The van der Waals surface area contributed by atoms with Crippen LogP contribution in [0.2, 0.25) is 0 Å². The molecule has 2 unspecified atom stereocenters. The molecule has 2 aromatic carbocycles. The molecule has 0 aromatic heterocycles. The first-order chi connectivity index (χ1) is 15.0. The number of aliphatic hydroxyl groups excluding tert-OH is 1. The maximum Gasteiger partial charge on any atom is 0.312 e. The minimum Gasteiger partial charge on any atom is -0.488 e. The number of benzene rings is 2. The summed E-state index contributed by atoms with van der Waals surface area (Å²) in [6, 6.07) is 17.9. The fourth-order valence-corrected chi connectivity index (χ4v) is 6.79. The quantitative estimate of drug-likeness (QED) is 0.522. The van der Waals surface area contributed by atoms with Crippen LogP contribution in [0.3, 0.4) is 0 Å². The van der Waals surface area contributed by atoms with E-state index in [1.54, 1.807) is 0 Å². The van der Waals surface area contributed by atoms with Crippen LogP contribution in [-0.4, -0.2) is 29.1 Å². The van der Waals surface area contributed by atoms with Gasteiger partial charge < -0.3 is 19.7 Å². The van der Waals surface area contributed by atoms with Crippen molar-refractivity contribution in [1.29, 1.82) is 0 Å². The van der Waals surface area contributed by atoms with Crippen LogP contribution >= 0.6 is 0 Å². The topological polar surface area (TPSA) is 76.0 Å². The minimum atomic E-state index is -1.48. The first-order valence-corrected chi connectivity index (χ1v) is 11.3. The van der Waals surface area contributed by atoms with Gasteiger partial charge in [0, 0.05) is 0 Å². The lowest BCUT2D eigenvalue weighted by Crippen LogP contribution is -2.57. The van der Waals surface area contributed by atoms with Crippen LogP contribution in [0.5, 0.6) is 5.75 Å². The van der Waals surface area contributed by atoms with E-state index in [0.29, 0.717) is 24.2 Å². The highest BCUT2D eigenvalue weighted by Crippen LogP contribution is 2.66. The van der Waals surface area contributed by atoms with Crippen molar-refractivity contribution in [1.82, 2.24) is 0 Å². The molecule has 0 radical (unpaired) electrons. The van der Waals surface area contributed by atoms with Crippen LogP contribution in [0.15, 0.2) is 54.6 Å². The van der Waals surface area contributed by atoms with Gasteiger partial charge >= 0.3 is 5.97 Å². The van der Waals surface area contributed by atoms with Crippen molar-refractivity contribution < 1.29 is 24.5 Å². The highest BCUT2D eigenvalue weighted by Gasteiger charge is 2.61. The number of aliphatic hydroxyl groups is 2. The highest BCUT2D eigenvalue weighted by atomic mass is 16.5. The summed E-state index contributed by atoms with van der Waals surface area (Å²) in [5.74, 6) is 1.75. The van der Waals surface area contributed by atoms with E-state index in [4.69, 9.17) is 19.7 Å². The van der Waals surface area contributed by atoms with Crippen LogP contribution in [0.25, 0.3) is 0 Å². The van der Waals surface area contributed by atoms with Gasteiger partial charge in [-0.05, 0) is 79.0 Å². The number of hydrogen-bond donors (Lipinski definition) is 2. The number of hydrogen-bond acceptors (Lipinski definition) is 5. The third-order valence-electron chi connectivity index (χ3n) is 7.57. The molecule has 0 aliphatic heterocycles. The van der Waals surface area contributed by atoms with E-state index in [9.17, 15) is 4.79 Å². The predicted molar refractivity (Wildman–Crippen MR) is 115 cm³/mol. The van der Waals surface area contributed by atoms with Crippen LogP contribution in [-0.2, 0) is 21.6 Å². The van der Waals surface area contributed by atoms with Crippen molar-refractivity contribution in [2.75, 3.05) is 6.61 Å². The second kappa shape index (κ2) is 7.95. The zero-order chi connectivity index (χ0) is 21.5. The van der Waals surface area contributed by atoms with Gasteiger partial charge in [-0.15, -0.1) is 0 Å². The van der Waals surface area contributed by atoms with E-state index < -0.39 is 6.29 Å². The Morgan fingerprint density at radius 2 is 1.65 bits per heavy atom. The van der Waals surface area contributed by atoms with Gasteiger partial charge in [-0.3, -0.25) is 4.79 Å². The summed E-state index contributed by atoms with van der Waals surface area (Å²) in [7, 11) is 0. The number of rotatable bonds is 7. The molecule has 2 N–H and O–H groups in total. The summed E-state index contributed by atoms with van der Waals surface area (Å²) < 4.78 is 11.3. The molecule has 0 heterocycles. The average Bonchev–Trinajstić information content (AvgIpc) is 2.76. The molecule has 4 bridgehead atoms. The molecule has 4 saturated carbocycles. The number of ether oxygens (including phenoxy) is 2. The Labute approximate surface area is 183 Å². The van der Waals surface area contributed by atoms with Crippen LogP contribution < -0.4 is 4.74 Å².